The van der Waals surface area contributed by atoms with E-state index in [0.717, 1.165) is 33.5 Å². The quantitative estimate of drug-likeness (QED) is 0.323. The number of carbonyl (C=O) groups is 2. The zero-order valence-electron chi connectivity index (χ0n) is 17.9. The van der Waals surface area contributed by atoms with Crippen LogP contribution in [0, 0.1) is 24.0 Å². The fourth-order valence-electron chi connectivity index (χ4n) is 3.25. The molecule has 1 aliphatic heterocycles. The van der Waals surface area contributed by atoms with Crippen LogP contribution in [0.15, 0.2) is 41.3 Å². The number of ether oxygens (including phenoxy) is 1. The number of imide groups is 1. The standard InChI is InChI=1S/C23H24N2O5S/c1-14(2)18-8-5-15(3)11-20(18)30-10-9-24-22(26)21(31-23(24)27)13-17-7-6-16(4)19(12-17)25(28)29/h5-8,11-14H,9-10H2,1-4H3/b21-13-. The van der Waals surface area contributed by atoms with Gasteiger partial charge in [-0.15, -0.1) is 0 Å². The summed E-state index contributed by atoms with van der Waals surface area (Å²) >= 11 is 0.825. The van der Waals surface area contributed by atoms with Crippen LogP contribution in [0.1, 0.15) is 42.0 Å². The van der Waals surface area contributed by atoms with Crippen molar-refractivity contribution in [2.24, 2.45) is 0 Å². The number of carbonyl (C=O) groups excluding carboxylic acids is 2. The average Bonchev–Trinajstić information content (AvgIpc) is 2.96. The van der Waals surface area contributed by atoms with Crippen LogP contribution >= 0.6 is 11.8 Å². The summed E-state index contributed by atoms with van der Waals surface area (Å²) in [6.07, 6.45) is 1.51. The minimum Gasteiger partial charge on any atom is -0.491 e. The van der Waals surface area contributed by atoms with Crippen molar-refractivity contribution >= 4 is 34.7 Å². The van der Waals surface area contributed by atoms with Crippen LogP contribution in [0.5, 0.6) is 5.75 Å². The third-order valence-corrected chi connectivity index (χ3v) is 5.87. The second-order valence-corrected chi connectivity index (χ2v) is 8.67. The number of benzene rings is 2. The number of thioether (sulfide) groups is 1. The molecule has 8 heteroatoms. The lowest BCUT2D eigenvalue weighted by Gasteiger charge is -2.17. The fraction of sp³-hybridized carbons (Fsp3) is 0.304. The van der Waals surface area contributed by atoms with E-state index in [2.05, 4.69) is 13.8 Å². The van der Waals surface area contributed by atoms with Crippen LogP contribution in [-0.4, -0.2) is 34.1 Å². The number of nitrogens with zero attached hydrogens (tertiary/aromatic N) is 2. The lowest BCUT2D eigenvalue weighted by atomic mass is 10.0. The van der Waals surface area contributed by atoms with Gasteiger partial charge >= 0.3 is 0 Å². The molecule has 0 atom stereocenters. The second-order valence-electron chi connectivity index (χ2n) is 7.68. The molecular weight excluding hydrogens is 416 g/mol. The number of nitro groups is 1. The number of rotatable bonds is 7. The molecule has 0 radical (unpaired) electrons. The third kappa shape index (κ3) is 5.14. The van der Waals surface area contributed by atoms with Crippen molar-refractivity contribution in [1.29, 1.82) is 0 Å². The van der Waals surface area contributed by atoms with Gasteiger partial charge in [0.1, 0.15) is 12.4 Å². The maximum atomic E-state index is 12.7. The molecule has 7 nitrogen and oxygen atoms in total. The molecule has 0 N–H and O–H groups in total. The maximum Gasteiger partial charge on any atom is 0.293 e. The predicted octanol–water partition coefficient (Wildman–Crippen LogP) is 5.45. The Labute approximate surface area is 185 Å². The Morgan fingerprint density at radius 3 is 2.58 bits per heavy atom. The summed E-state index contributed by atoms with van der Waals surface area (Å²) in [6, 6.07) is 10.7. The normalized spacial score (nSPS) is 15.3. The number of hydrogen-bond acceptors (Lipinski definition) is 6. The fourth-order valence-corrected chi connectivity index (χ4v) is 4.11. The Bertz CT molecular complexity index is 1080. The van der Waals surface area contributed by atoms with Crippen LogP contribution in [0.25, 0.3) is 6.08 Å². The first kappa shape index (κ1) is 22.6. The van der Waals surface area contributed by atoms with Crippen molar-refractivity contribution in [3.63, 3.8) is 0 Å². The molecule has 2 aromatic carbocycles. The van der Waals surface area contributed by atoms with E-state index >= 15 is 0 Å². The lowest BCUT2D eigenvalue weighted by molar-refractivity contribution is -0.385. The van der Waals surface area contributed by atoms with E-state index in [1.807, 2.05) is 25.1 Å². The second kappa shape index (κ2) is 9.34. The maximum absolute atomic E-state index is 12.7. The highest BCUT2D eigenvalue weighted by molar-refractivity contribution is 8.18. The van der Waals surface area contributed by atoms with Gasteiger partial charge in [-0.3, -0.25) is 24.6 Å². The minimum atomic E-state index is -0.466. The summed E-state index contributed by atoms with van der Waals surface area (Å²) in [4.78, 5) is 37.1. The third-order valence-electron chi connectivity index (χ3n) is 4.96. The van der Waals surface area contributed by atoms with Gasteiger partial charge in [0, 0.05) is 11.6 Å². The zero-order valence-corrected chi connectivity index (χ0v) is 18.7. The van der Waals surface area contributed by atoms with Gasteiger partial charge in [-0.25, -0.2) is 0 Å². The summed E-state index contributed by atoms with van der Waals surface area (Å²) in [5.74, 6) is 0.619. The molecule has 1 heterocycles. The van der Waals surface area contributed by atoms with Crippen molar-refractivity contribution in [1.82, 2.24) is 4.90 Å². The SMILES string of the molecule is Cc1ccc(C(C)C)c(OCCN2C(=O)S/C(=C\c3ccc(C)c([N+](=O)[O-])c3)C2=O)c1. The Balaban J connectivity index is 1.70. The van der Waals surface area contributed by atoms with Gasteiger partial charge in [0.15, 0.2) is 0 Å². The highest BCUT2D eigenvalue weighted by Gasteiger charge is 2.35. The lowest BCUT2D eigenvalue weighted by Crippen LogP contribution is -2.32. The van der Waals surface area contributed by atoms with E-state index in [9.17, 15) is 19.7 Å². The molecule has 3 rings (SSSR count). The first-order valence-electron chi connectivity index (χ1n) is 9.91. The monoisotopic (exact) mass is 440 g/mol. The van der Waals surface area contributed by atoms with E-state index in [1.54, 1.807) is 19.1 Å². The predicted molar refractivity (Wildman–Crippen MR) is 121 cm³/mol. The van der Waals surface area contributed by atoms with Crippen LogP contribution < -0.4 is 4.74 Å². The van der Waals surface area contributed by atoms with Gasteiger partial charge in [0.05, 0.1) is 16.4 Å². The number of aryl methyl sites for hydroxylation is 2. The molecule has 0 aromatic heterocycles. The van der Waals surface area contributed by atoms with E-state index in [-0.39, 0.29) is 34.9 Å². The molecule has 0 unspecified atom stereocenters. The van der Waals surface area contributed by atoms with Gasteiger partial charge in [-0.05, 0) is 60.4 Å². The van der Waals surface area contributed by atoms with Crippen LogP contribution in [0.3, 0.4) is 0 Å². The first-order valence-corrected chi connectivity index (χ1v) is 10.7. The van der Waals surface area contributed by atoms with E-state index in [1.165, 1.54) is 12.1 Å². The molecule has 1 saturated heterocycles. The molecule has 2 aromatic rings. The van der Waals surface area contributed by atoms with Crippen molar-refractivity contribution < 1.29 is 19.2 Å². The molecule has 1 fully saturated rings. The smallest absolute Gasteiger partial charge is 0.293 e. The molecular formula is C23H24N2O5S. The molecule has 0 bridgehead atoms. The van der Waals surface area contributed by atoms with Gasteiger partial charge in [0.2, 0.25) is 0 Å². The Morgan fingerprint density at radius 2 is 1.90 bits per heavy atom. The van der Waals surface area contributed by atoms with Crippen molar-refractivity contribution in [3.8, 4) is 5.75 Å². The number of amides is 2. The minimum absolute atomic E-state index is 0.0273. The average molecular weight is 441 g/mol. The first-order chi connectivity index (χ1) is 14.7. The van der Waals surface area contributed by atoms with Gasteiger partial charge < -0.3 is 4.74 Å². The summed E-state index contributed by atoms with van der Waals surface area (Å²) in [6.45, 7) is 8.09. The Hall–Kier alpha value is -3.13. The molecule has 1 aliphatic rings. The van der Waals surface area contributed by atoms with Crippen molar-refractivity contribution in [2.45, 2.75) is 33.6 Å². The van der Waals surface area contributed by atoms with E-state index < -0.39 is 10.8 Å². The van der Waals surface area contributed by atoms with Gasteiger partial charge in [-0.2, -0.15) is 0 Å². The zero-order chi connectivity index (χ0) is 22.7. The van der Waals surface area contributed by atoms with Gasteiger partial charge in [-0.1, -0.05) is 38.1 Å². The molecule has 31 heavy (non-hydrogen) atoms. The van der Waals surface area contributed by atoms with Crippen LogP contribution in [0.4, 0.5) is 10.5 Å². The Morgan fingerprint density at radius 1 is 1.16 bits per heavy atom. The molecule has 2 amide bonds. The highest BCUT2D eigenvalue weighted by atomic mass is 32.2. The van der Waals surface area contributed by atoms with Crippen molar-refractivity contribution in [2.75, 3.05) is 13.2 Å². The van der Waals surface area contributed by atoms with Crippen LogP contribution in [0.2, 0.25) is 0 Å². The molecule has 0 spiro atoms. The summed E-state index contributed by atoms with van der Waals surface area (Å²) in [5.41, 5.74) is 3.14. The highest BCUT2D eigenvalue weighted by Crippen LogP contribution is 2.33. The number of hydrogen-bond donors (Lipinski definition) is 0. The van der Waals surface area contributed by atoms with Gasteiger partial charge in [0.25, 0.3) is 16.8 Å². The topological polar surface area (TPSA) is 89.8 Å². The van der Waals surface area contributed by atoms with Crippen LogP contribution in [-0.2, 0) is 4.79 Å². The summed E-state index contributed by atoms with van der Waals surface area (Å²) in [5, 5.41) is 10.8. The van der Waals surface area contributed by atoms with E-state index in [4.69, 9.17) is 4.74 Å². The summed E-state index contributed by atoms with van der Waals surface area (Å²) in [7, 11) is 0. The molecule has 0 aliphatic carbocycles. The van der Waals surface area contributed by atoms with E-state index in [0.29, 0.717) is 11.1 Å². The number of nitro benzene ring substituents is 1. The largest absolute Gasteiger partial charge is 0.491 e. The Kier molecular flexibility index (Phi) is 6.80. The molecule has 162 valence electrons. The van der Waals surface area contributed by atoms with Crippen molar-refractivity contribution in [3.05, 3.63) is 73.7 Å². The molecule has 0 saturated carbocycles. The summed E-state index contributed by atoms with van der Waals surface area (Å²) < 4.78 is 5.90.